The molecule has 0 radical (unpaired) electrons. The molecule has 1 aliphatic carbocycles. The lowest BCUT2D eigenvalue weighted by Crippen LogP contribution is -2.61. The van der Waals surface area contributed by atoms with Crippen LogP contribution in [0, 0.1) is 5.41 Å². The maximum absolute atomic E-state index is 12.7. The van der Waals surface area contributed by atoms with Crippen molar-refractivity contribution in [1.82, 2.24) is 4.90 Å². The molecule has 0 spiro atoms. The molecule has 5 heteroatoms. The predicted molar refractivity (Wildman–Crippen MR) is 74.3 cm³/mol. The summed E-state index contributed by atoms with van der Waals surface area (Å²) in [5.41, 5.74) is 4.93. The summed E-state index contributed by atoms with van der Waals surface area (Å²) < 4.78 is 5.82. The van der Waals surface area contributed by atoms with Gasteiger partial charge in [-0.3, -0.25) is 4.79 Å². The normalized spacial score (nSPS) is 29.5. The van der Waals surface area contributed by atoms with Crippen LogP contribution in [-0.4, -0.2) is 40.6 Å². The van der Waals surface area contributed by atoms with Gasteiger partial charge in [0, 0.05) is 13.1 Å². The highest BCUT2D eigenvalue weighted by Crippen LogP contribution is 2.43. The summed E-state index contributed by atoms with van der Waals surface area (Å²) >= 11 is 5.11. The van der Waals surface area contributed by atoms with Gasteiger partial charge in [0.2, 0.25) is 5.91 Å². The lowest BCUT2D eigenvalue weighted by molar-refractivity contribution is -0.166. The largest absolute Gasteiger partial charge is 0.392 e. The first-order valence-corrected chi connectivity index (χ1v) is 6.95. The van der Waals surface area contributed by atoms with Crippen LogP contribution in [0.1, 0.15) is 40.0 Å². The Bertz CT molecular complexity index is 377. The summed E-state index contributed by atoms with van der Waals surface area (Å²) in [4.78, 5) is 14.9. The van der Waals surface area contributed by atoms with Crippen molar-refractivity contribution in [3.8, 4) is 0 Å². The Labute approximate surface area is 114 Å². The number of ether oxygens (including phenoxy) is 1. The number of rotatable bonds is 2. The van der Waals surface area contributed by atoms with Gasteiger partial charge in [0.15, 0.2) is 0 Å². The number of morpholine rings is 1. The van der Waals surface area contributed by atoms with Gasteiger partial charge in [-0.2, -0.15) is 0 Å². The molecule has 1 unspecified atom stereocenters. The van der Waals surface area contributed by atoms with Crippen molar-refractivity contribution >= 4 is 23.1 Å². The van der Waals surface area contributed by atoms with E-state index in [1.807, 2.05) is 25.7 Å². The third-order valence-corrected chi connectivity index (χ3v) is 4.34. The van der Waals surface area contributed by atoms with Gasteiger partial charge in [-0.15, -0.1) is 0 Å². The van der Waals surface area contributed by atoms with Crippen molar-refractivity contribution in [3.63, 3.8) is 0 Å². The van der Waals surface area contributed by atoms with E-state index in [1.165, 1.54) is 0 Å². The second-order valence-corrected chi connectivity index (χ2v) is 6.61. The molecule has 1 aliphatic heterocycles. The molecule has 2 fully saturated rings. The van der Waals surface area contributed by atoms with E-state index in [-0.39, 0.29) is 17.6 Å². The average Bonchev–Trinajstić information content (AvgIpc) is 2.11. The lowest BCUT2D eigenvalue weighted by atomic mass is 9.67. The first kappa shape index (κ1) is 13.7. The molecule has 1 heterocycles. The molecule has 1 saturated heterocycles. The first-order chi connectivity index (χ1) is 8.27. The van der Waals surface area contributed by atoms with E-state index in [2.05, 4.69) is 0 Å². The molecule has 1 saturated carbocycles. The zero-order chi connectivity index (χ0) is 13.6. The quantitative estimate of drug-likeness (QED) is 0.772. The van der Waals surface area contributed by atoms with Gasteiger partial charge in [0.1, 0.15) is 0 Å². The van der Waals surface area contributed by atoms with Crippen LogP contribution in [0.4, 0.5) is 0 Å². The number of nitrogens with two attached hydrogens (primary N) is 1. The summed E-state index contributed by atoms with van der Waals surface area (Å²) in [6, 6.07) is 0. The minimum absolute atomic E-state index is 0.0566. The molecule has 2 rings (SSSR count). The maximum atomic E-state index is 12.7. The summed E-state index contributed by atoms with van der Waals surface area (Å²) in [7, 11) is 0. The van der Waals surface area contributed by atoms with E-state index in [0.717, 1.165) is 19.3 Å². The first-order valence-electron chi connectivity index (χ1n) is 6.54. The van der Waals surface area contributed by atoms with E-state index in [4.69, 9.17) is 22.7 Å². The SMILES string of the molecule is CC1CN(C(=O)C2(C(N)=S)CCC2)CC(C)(C)O1. The van der Waals surface area contributed by atoms with E-state index < -0.39 is 5.41 Å². The van der Waals surface area contributed by atoms with Crippen molar-refractivity contribution in [2.75, 3.05) is 13.1 Å². The van der Waals surface area contributed by atoms with Crippen molar-refractivity contribution < 1.29 is 9.53 Å². The summed E-state index contributed by atoms with van der Waals surface area (Å²) in [6.45, 7) is 7.26. The van der Waals surface area contributed by atoms with E-state index in [9.17, 15) is 4.79 Å². The van der Waals surface area contributed by atoms with Gasteiger partial charge < -0.3 is 15.4 Å². The molecule has 1 amide bonds. The van der Waals surface area contributed by atoms with Crippen LogP contribution in [0.15, 0.2) is 0 Å². The van der Waals surface area contributed by atoms with Gasteiger partial charge in [-0.25, -0.2) is 0 Å². The minimum Gasteiger partial charge on any atom is -0.392 e. The Balaban J connectivity index is 2.16. The standard InChI is InChI=1S/C13H22N2O2S/c1-9-7-15(8-12(2,3)17-9)11(16)13(10(14)18)5-4-6-13/h9H,4-8H2,1-3H3,(H2,14,18). The fraction of sp³-hybridized carbons (Fsp3) is 0.846. The zero-order valence-electron chi connectivity index (χ0n) is 11.4. The molecule has 0 aromatic rings. The smallest absolute Gasteiger partial charge is 0.235 e. The van der Waals surface area contributed by atoms with Crippen LogP contribution in [0.25, 0.3) is 0 Å². The molecule has 1 atom stereocenters. The summed E-state index contributed by atoms with van der Waals surface area (Å²) in [6.07, 6.45) is 2.69. The van der Waals surface area contributed by atoms with E-state index in [0.29, 0.717) is 18.1 Å². The van der Waals surface area contributed by atoms with Crippen LogP contribution >= 0.6 is 12.2 Å². The van der Waals surface area contributed by atoms with Crippen LogP contribution in [0.2, 0.25) is 0 Å². The van der Waals surface area contributed by atoms with Gasteiger partial charge in [0.25, 0.3) is 0 Å². The van der Waals surface area contributed by atoms with Crippen LogP contribution in [0.5, 0.6) is 0 Å². The fourth-order valence-corrected chi connectivity index (χ4v) is 3.30. The van der Waals surface area contributed by atoms with Crippen molar-refractivity contribution in [2.24, 2.45) is 11.1 Å². The topological polar surface area (TPSA) is 55.6 Å². The number of thiocarbonyl (C=S) groups is 1. The highest BCUT2D eigenvalue weighted by Gasteiger charge is 2.50. The van der Waals surface area contributed by atoms with Gasteiger partial charge in [-0.05, 0) is 33.6 Å². The number of hydrogen-bond donors (Lipinski definition) is 1. The molecule has 0 bridgehead atoms. The van der Waals surface area contributed by atoms with Crippen LogP contribution < -0.4 is 5.73 Å². The average molecular weight is 270 g/mol. The van der Waals surface area contributed by atoms with Gasteiger partial charge in [-0.1, -0.05) is 18.6 Å². The Hall–Kier alpha value is -0.680. The van der Waals surface area contributed by atoms with E-state index in [1.54, 1.807) is 0 Å². The number of hydrogen-bond acceptors (Lipinski definition) is 3. The Kier molecular flexibility index (Phi) is 3.40. The number of carbonyl (C=O) groups is 1. The lowest BCUT2D eigenvalue weighted by Gasteiger charge is -2.48. The molecule has 0 aromatic heterocycles. The number of amides is 1. The highest BCUT2D eigenvalue weighted by molar-refractivity contribution is 7.80. The van der Waals surface area contributed by atoms with Crippen LogP contribution in [-0.2, 0) is 9.53 Å². The Morgan fingerprint density at radius 2 is 2.06 bits per heavy atom. The fourth-order valence-electron chi connectivity index (χ4n) is 3.01. The third-order valence-electron chi connectivity index (χ3n) is 3.94. The minimum atomic E-state index is -0.567. The van der Waals surface area contributed by atoms with Gasteiger partial charge in [0.05, 0.1) is 22.1 Å². The molecule has 4 nitrogen and oxygen atoms in total. The number of nitrogens with zero attached hydrogens (tertiary/aromatic N) is 1. The predicted octanol–water partition coefficient (Wildman–Crippen LogP) is 1.47. The third kappa shape index (κ3) is 2.26. The summed E-state index contributed by atoms with van der Waals surface area (Å²) in [5.74, 6) is 0.101. The Morgan fingerprint density at radius 3 is 2.44 bits per heavy atom. The molecule has 102 valence electrons. The molecular formula is C13H22N2O2S. The van der Waals surface area contributed by atoms with E-state index >= 15 is 0 Å². The van der Waals surface area contributed by atoms with Gasteiger partial charge >= 0.3 is 0 Å². The molecule has 0 aromatic carbocycles. The second kappa shape index (κ2) is 4.46. The zero-order valence-corrected chi connectivity index (χ0v) is 12.2. The maximum Gasteiger partial charge on any atom is 0.235 e. The molecule has 2 aliphatic rings. The second-order valence-electron chi connectivity index (χ2n) is 6.17. The van der Waals surface area contributed by atoms with Crippen molar-refractivity contribution in [1.29, 1.82) is 0 Å². The monoisotopic (exact) mass is 270 g/mol. The molecular weight excluding hydrogens is 248 g/mol. The number of carbonyl (C=O) groups excluding carboxylic acids is 1. The molecule has 18 heavy (non-hydrogen) atoms. The van der Waals surface area contributed by atoms with Crippen molar-refractivity contribution in [3.05, 3.63) is 0 Å². The Morgan fingerprint density at radius 1 is 1.44 bits per heavy atom. The van der Waals surface area contributed by atoms with Crippen LogP contribution in [0.3, 0.4) is 0 Å². The highest BCUT2D eigenvalue weighted by atomic mass is 32.1. The summed E-state index contributed by atoms with van der Waals surface area (Å²) in [5, 5.41) is 0. The molecule has 2 N–H and O–H groups in total. The van der Waals surface area contributed by atoms with Crippen molar-refractivity contribution in [2.45, 2.75) is 51.7 Å².